The second kappa shape index (κ2) is 27.1. The molecule has 80 heavy (non-hydrogen) atoms. The van der Waals surface area contributed by atoms with E-state index in [4.69, 9.17) is 9.84 Å². The summed E-state index contributed by atoms with van der Waals surface area (Å²) in [5, 5.41) is 58.5. The Hall–Kier alpha value is -6.84. The van der Waals surface area contributed by atoms with Crippen molar-refractivity contribution in [3.63, 3.8) is 0 Å². The fourth-order valence-electron chi connectivity index (χ4n) is 12.6. The van der Waals surface area contributed by atoms with Crippen molar-refractivity contribution >= 4 is 41.6 Å². The highest BCUT2D eigenvalue weighted by Gasteiger charge is 2.62. The minimum Gasteiger partial charge on any atom is -0.507 e. The van der Waals surface area contributed by atoms with Crippen molar-refractivity contribution in [3.05, 3.63) is 59.3 Å². The molecule has 0 radical (unpaired) electrons. The molecule has 0 spiro atoms. The standard InChI is InChI=1S/C57H80N10O13/c1-37(2)43-31-40(12-13-45(43)67-46(53-47(68)10-7-11-48(53)80-6)32-44(59-67)54(76)58-57(56(78)79)41-27-38-26-39(29-41)30-42(57)28-38)55(77)62(5)17-9-15-60(3)14-8-16-61(4)49(69)33-63-18-20-64(34-50(70)71)22-24-66(36-52(74)75)25-23-65(21-19-63)35-51(72)73/h7,10-11,31-32,37-39,41-42,68H,8-9,14-30,33-36H2,1-6H3,(H,58,76)(H,70,71)(H,72,73)(H,74,75)(H,78,79). The lowest BCUT2D eigenvalue weighted by atomic mass is 9.48. The molecular formula is C57H80N10O13. The maximum atomic E-state index is 14.4. The van der Waals surface area contributed by atoms with Crippen LogP contribution in [0.3, 0.4) is 0 Å². The number of ether oxygens (including phenoxy) is 1. The van der Waals surface area contributed by atoms with Crippen LogP contribution >= 0.6 is 0 Å². The predicted octanol–water partition coefficient (Wildman–Crippen LogP) is 2.70. The van der Waals surface area contributed by atoms with Crippen molar-refractivity contribution in [2.75, 3.05) is 133 Å². The number of benzene rings is 1. The minimum atomic E-state index is -1.42. The highest BCUT2D eigenvalue weighted by Crippen LogP contribution is 2.58. The Morgan fingerprint density at radius 3 is 1.68 bits per heavy atom. The van der Waals surface area contributed by atoms with Gasteiger partial charge in [-0.15, -0.1) is 0 Å². The first-order valence-corrected chi connectivity index (χ1v) is 27.8. The third-order valence-electron chi connectivity index (χ3n) is 16.7. The quantitative estimate of drug-likeness (QED) is 0.0752. The van der Waals surface area contributed by atoms with Crippen LogP contribution in [0.25, 0.3) is 16.9 Å². The normalized spacial score (nSPS) is 22.1. The molecule has 4 bridgehead atoms. The van der Waals surface area contributed by atoms with Crippen LogP contribution in [0.15, 0.2) is 30.3 Å². The van der Waals surface area contributed by atoms with Gasteiger partial charge in [-0.3, -0.25) is 48.4 Å². The third kappa shape index (κ3) is 14.9. The van der Waals surface area contributed by atoms with E-state index >= 15 is 0 Å². The molecule has 1 saturated heterocycles. The Bertz CT molecular complexity index is 2650. The van der Waals surface area contributed by atoms with Crippen LogP contribution in [-0.4, -0.2) is 250 Å². The molecular weight excluding hydrogens is 1030 g/mol. The second-order valence-electron chi connectivity index (χ2n) is 22.7. The maximum absolute atomic E-state index is 14.4. The molecule has 23 heteroatoms. The number of aromatic nitrogens is 2. The van der Waals surface area contributed by atoms with E-state index in [0.29, 0.717) is 99.7 Å². The number of nitrogens with zero attached hydrogens (tertiary/aromatic N) is 9. The summed E-state index contributed by atoms with van der Waals surface area (Å²) in [4.78, 5) is 103. The Labute approximate surface area is 468 Å². The molecule has 3 amide bonds. The van der Waals surface area contributed by atoms with E-state index in [0.717, 1.165) is 32.1 Å². The maximum Gasteiger partial charge on any atom is 0.330 e. The van der Waals surface area contributed by atoms with Gasteiger partial charge in [0.05, 0.1) is 50.1 Å². The van der Waals surface area contributed by atoms with E-state index < -0.39 is 35.3 Å². The number of carboxylic acid groups (broad SMARTS) is 4. The Kier molecular flexibility index (Phi) is 20.6. The smallest absolute Gasteiger partial charge is 0.330 e. The molecule has 6 N–H and O–H groups in total. The van der Waals surface area contributed by atoms with Crippen molar-refractivity contribution in [2.45, 2.75) is 70.3 Å². The lowest BCUT2D eigenvalue weighted by Crippen LogP contribution is -2.70. The van der Waals surface area contributed by atoms with Gasteiger partial charge >= 0.3 is 23.9 Å². The van der Waals surface area contributed by atoms with Crippen molar-refractivity contribution in [1.29, 1.82) is 0 Å². The molecule has 0 unspecified atom stereocenters. The SMILES string of the molecule is COc1cccc(O)c1-c1cc(C(=O)NC2(C(=O)O)C3CC4CC(C3)CC2C4)nn1-c1c#cc(C(=O)N(C)CCCN(C)CCCN(C)C(=O)CN2CCN(CC(=O)O)CCN(CC(=O)O)CCN(CC(=O)O)CC2)cc1C(C)C. The number of carbonyl (C=O) groups excluding carboxylic acids is 3. The van der Waals surface area contributed by atoms with E-state index in [1.165, 1.54) is 23.9 Å². The molecule has 0 atom stereocenters. The molecule has 5 aliphatic rings. The minimum absolute atomic E-state index is 0.0471. The van der Waals surface area contributed by atoms with E-state index in [-0.39, 0.29) is 104 Å². The van der Waals surface area contributed by atoms with Gasteiger partial charge in [0.1, 0.15) is 22.7 Å². The van der Waals surface area contributed by atoms with Gasteiger partial charge in [-0.05, 0) is 131 Å². The highest BCUT2D eigenvalue weighted by atomic mass is 16.5. The van der Waals surface area contributed by atoms with Gasteiger partial charge in [0, 0.05) is 79.5 Å². The van der Waals surface area contributed by atoms with E-state index in [1.807, 2.05) is 25.8 Å². The van der Waals surface area contributed by atoms with Crippen LogP contribution in [0.5, 0.6) is 11.5 Å². The van der Waals surface area contributed by atoms with Crippen LogP contribution in [0.2, 0.25) is 0 Å². The Morgan fingerprint density at radius 2 is 1.20 bits per heavy atom. The zero-order valence-corrected chi connectivity index (χ0v) is 47.1. The van der Waals surface area contributed by atoms with E-state index in [2.05, 4.69) is 22.3 Å². The Balaban J connectivity index is 0.954. The summed E-state index contributed by atoms with van der Waals surface area (Å²) in [5.74, 6) is -4.61. The number of rotatable bonds is 24. The highest BCUT2D eigenvalue weighted by molar-refractivity contribution is 5.98. The summed E-state index contributed by atoms with van der Waals surface area (Å²) in [6.45, 7) is 7.86. The largest absolute Gasteiger partial charge is 0.507 e. The number of carboxylic acids is 4. The number of aliphatic carboxylic acids is 4. The molecule has 4 saturated carbocycles. The van der Waals surface area contributed by atoms with Crippen LogP contribution in [-0.2, 0) is 24.0 Å². The second-order valence-corrected chi connectivity index (χ2v) is 22.7. The Morgan fingerprint density at radius 1 is 0.700 bits per heavy atom. The number of phenols is 1. The molecule has 5 fully saturated rings. The van der Waals surface area contributed by atoms with Gasteiger partial charge in [-0.2, -0.15) is 5.10 Å². The average Bonchev–Trinajstić information content (AvgIpc) is 3.99. The molecule has 436 valence electrons. The summed E-state index contributed by atoms with van der Waals surface area (Å²) in [5.41, 5.74) is 0.387. The fourth-order valence-corrected chi connectivity index (χ4v) is 12.6. The molecule has 2 aromatic carbocycles. The molecule has 3 aromatic rings. The lowest BCUT2D eigenvalue weighted by molar-refractivity contribution is -0.163. The van der Waals surface area contributed by atoms with Crippen molar-refractivity contribution in [2.24, 2.45) is 23.7 Å². The first-order valence-electron chi connectivity index (χ1n) is 27.8. The number of aromatic hydroxyl groups is 1. The van der Waals surface area contributed by atoms with Gasteiger partial charge in [-0.25, -0.2) is 9.48 Å². The van der Waals surface area contributed by atoms with Crippen LogP contribution in [0.4, 0.5) is 0 Å². The topological polar surface area (TPSA) is 282 Å². The molecule has 8 rings (SSSR count). The first kappa shape index (κ1) is 60.8. The van der Waals surface area contributed by atoms with Crippen LogP contribution in [0.1, 0.15) is 91.1 Å². The summed E-state index contributed by atoms with van der Waals surface area (Å²) in [6.07, 6.45) is 5.44. The van der Waals surface area contributed by atoms with E-state index in [1.54, 1.807) is 56.8 Å². The van der Waals surface area contributed by atoms with Gasteiger partial charge in [0.15, 0.2) is 5.69 Å². The third-order valence-corrected chi connectivity index (χ3v) is 16.7. The van der Waals surface area contributed by atoms with Crippen molar-refractivity contribution < 1.29 is 63.8 Å². The number of hydrogen-bond acceptors (Lipinski definition) is 15. The molecule has 2 heterocycles. The number of phenolic OH excluding ortho intramolecular Hbond substituents is 1. The van der Waals surface area contributed by atoms with Gasteiger partial charge in [-0.1, -0.05) is 26.0 Å². The van der Waals surface area contributed by atoms with Crippen molar-refractivity contribution in [3.8, 4) is 28.4 Å². The molecule has 4 aliphatic carbocycles. The zero-order valence-electron chi connectivity index (χ0n) is 47.1. The van der Waals surface area contributed by atoms with Crippen molar-refractivity contribution in [1.82, 2.24) is 49.4 Å². The molecule has 23 nitrogen and oxygen atoms in total. The number of methoxy groups -OCH3 is 1. The summed E-state index contributed by atoms with van der Waals surface area (Å²) in [7, 11) is 6.88. The molecule has 1 aliphatic heterocycles. The number of hydrogen-bond donors (Lipinski definition) is 6. The van der Waals surface area contributed by atoms with Crippen LogP contribution < -0.4 is 10.1 Å². The monoisotopic (exact) mass is 1110 g/mol. The lowest BCUT2D eigenvalue weighted by Gasteiger charge is -2.59. The molecule has 1 aromatic heterocycles. The summed E-state index contributed by atoms with van der Waals surface area (Å²) < 4.78 is 7.16. The summed E-state index contributed by atoms with van der Waals surface area (Å²) >= 11 is 0. The number of amides is 3. The first-order chi connectivity index (χ1) is 38.1. The average molecular weight is 1110 g/mol. The number of carbonyl (C=O) groups is 7. The van der Waals surface area contributed by atoms with Crippen LogP contribution in [0, 0.1) is 35.8 Å². The van der Waals surface area contributed by atoms with Gasteiger partial charge < -0.3 is 50.3 Å². The number of nitrogens with one attached hydrogen (secondary N) is 1. The van der Waals surface area contributed by atoms with Gasteiger partial charge in [0.2, 0.25) is 5.91 Å². The van der Waals surface area contributed by atoms with Gasteiger partial charge in [0.25, 0.3) is 11.8 Å². The van der Waals surface area contributed by atoms with E-state index in [9.17, 15) is 59.1 Å². The zero-order chi connectivity index (χ0) is 58.0. The number of likely N-dealkylation sites (N-methyl/N-ethyl adjacent to an activating group) is 1. The summed E-state index contributed by atoms with van der Waals surface area (Å²) in [6, 6.07) is 14.3. The predicted molar refractivity (Wildman–Crippen MR) is 294 cm³/mol. The fraction of sp³-hybridized carbons (Fsp3) is 0.614.